The molecule has 1 amide bonds. The SMILES string of the molecule is COC(=O)CNC(=O)OC12CC1(C)CCC2Oc1nc(OC)cc(OC)n1. The van der Waals surface area contributed by atoms with Gasteiger partial charge in [0.1, 0.15) is 12.6 Å². The lowest BCUT2D eigenvalue weighted by atomic mass is 10.1. The van der Waals surface area contributed by atoms with E-state index in [4.69, 9.17) is 18.9 Å². The van der Waals surface area contributed by atoms with Crippen molar-refractivity contribution in [2.75, 3.05) is 27.9 Å². The van der Waals surface area contributed by atoms with Crippen molar-refractivity contribution >= 4 is 12.1 Å². The summed E-state index contributed by atoms with van der Waals surface area (Å²) in [6.45, 7) is 1.78. The number of carbonyl (C=O) groups excluding carboxylic acids is 2. The van der Waals surface area contributed by atoms with Crippen LogP contribution in [0.5, 0.6) is 17.8 Å². The van der Waals surface area contributed by atoms with E-state index in [1.807, 2.05) is 6.92 Å². The van der Waals surface area contributed by atoms with Crippen LogP contribution in [0.4, 0.5) is 4.79 Å². The molecule has 1 aromatic rings. The number of ether oxygens (including phenoxy) is 5. The van der Waals surface area contributed by atoms with Crippen LogP contribution in [-0.2, 0) is 14.3 Å². The van der Waals surface area contributed by atoms with Gasteiger partial charge >= 0.3 is 18.1 Å². The lowest BCUT2D eigenvalue weighted by molar-refractivity contribution is -0.139. The molecule has 3 atom stereocenters. The van der Waals surface area contributed by atoms with Crippen molar-refractivity contribution in [2.45, 2.75) is 37.9 Å². The maximum absolute atomic E-state index is 12.1. The maximum atomic E-state index is 12.1. The summed E-state index contributed by atoms with van der Waals surface area (Å²) in [5, 5.41) is 2.39. The van der Waals surface area contributed by atoms with Crippen molar-refractivity contribution < 1.29 is 33.3 Å². The number of aromatic nitrogens is 2. The average Bonchev–Trinajstić information content (AvgIpc) is 3.18. The highest BCUT2D eigenvalue weighted by atomic mass is 16.6. The van der Waals surface area contributed by atoms with Crippen molar-refractivity contribution in [2.24, 2.45) is 5.41 Å². The van der Waals surface area contributed by atoms with Crippen molar-refractivity contribution in [1.82, 2.24) is 15.3 Å². The molecule has 2 aliphatic rings. The molecule has 3 unspecified atom stereocenters. The maximum Gasteiger partial charge on any atom is 0.408 e. The fraction of sp³-hybridized carbons (Fsp3) is 0.647. The predicted octanol–water partition coefficient (Wildman–Crippen LogP) is 1.08. The van der Waals surface area contributed by atoms with Crippen LogP contribution in [0.2, 0.25) is 0 Å². The summed E-state index contributed by atoms with van der Waals surface area (Å²) in [6.07, 6.45) is 1.08. The largest absolute Gasteiger partial charge is 0.481 e. The molecule has 2 fully saturated rings. The van der Waals surface area contributed by atoms with Crippen molar-refractivity contribution in [3.8, 4) is 17.8 Å². The van der Waals surface area contributed by atoms with Gasteiger partial charge in [0.2, 0.25) is 11.8 Å². The van der Waals surface area contributed by atoms with E-state index in [0.717, 1.165) is 6.42 Å². The van der Waals surface area contributed by atoms with E-state index in [1.54, 1.807) is 0 Å². The first-order valence-electron chi connectivity index (χ1n) is 8.53. The summed E-state index contributed by atoms with van der Waals surface area (Å²) >= 11 is 0. The standard InChI is InChI=1S/C17H23N3O7/c1-16-6-5-10(26-14-19-11(23-2)7-12(20-14)24-3)17(16,9-16)27-15(22)18-8-13(21)25-4/h7,10H,5-6,8-9H2,1-4H3,(H,18,22). The van der Waals surface area contributed by atoms with E-state index in [2.05, 4.69) is 20.0 Å². The molecular weight excluding hydrogens is 358 g/mol. The third-order valence-electron chi connectivity index (χ3n) is 5.23. The zero-order valence-electron chi connectivity index (χ0n) is 15.7. The third kappa shape index (κ3) is 3.56. The molecule has 10 nitrogen and oxygen atoms in total. The van der Waals surface area contributed by atoms with E-state index in [0.29, 0.717) is 24.6 Å². The van der Waals surface area contributed by atoms with Gasteiger partial charge in [-0.05, 0) is 12.8 Å². The molecule has 0 bridgehead atoms. The summed E-state index contributed by atoms with van der Waals surface area (Å²) in [5.74, 6) is 0.0532. The Morgan fingerprint density at radius 2 is 1.89 bits per heavy atom. The molecule has 1 N–H and O–H groups in total. The number of nitrogens with one attached hydrogen (secondary N) is 1. The number of carbonyl (C=O) groups is 2. The van der Waals surface area contributed by atoms with Gasteiger partial charge in [-0.25, -0.2) is 4.79 Å². The predicted molar refractivity (Wildman–Crippen MR) is 90.7 cm³/mol. The molecular formula is C17H23N3O7. The minimum Gasteiger partial charge on any atom is -0.481 e. The Morgan fingerprint density at radius 1 is 1.22 bits per heavy atom. The monoisotopic (exact) mass is 381 g/mol. The quantitative estimate of drug-likeness (QED) is 0.692. The smallest absolute Gasteiger partial charge is 0.408 e. The first-order chi connectivity index (χ1) is 12.9. The van der Waals surface area contributed by atoms with Crippen LogP contribution in [0.15, 0.2) is 6.07 Å². The van der Waals surface area contributed by atoms with E-state index >= 15 is 0 Å². The summed E-state index contributed by atoms with van der Waals surface area (Å²) < 4.78 is 26.4. The van der Waals surface area contributed by atoms with Crippen LogP contribution in [0.1, 0.15) is 26.2 Å². The lowest BCUT2D eigenvalue weighted by Gasteiger charge is -2.25. The second kappa shape index (κ2) is 7.09. The molecule has 1 aromatic heterocycles. The Kier molecular flexibility index (Phi) is 4.99. The van der Waals surface area contributed by atoms with Crippen molar-refractivity contribution in [3.63, 3.8) is 0 Å². The molecule has 0 radical (unpaired) electrons. The van der Waals surface area contributed by atoms with Gasteiger partial charge in [0.15, 0.2) is 5.60 Å². The van der Waals surface area contributed by atoms with Gasteiger partial charge in [-0.3, -0.25) is 4.79 Å². The Morgan fingerprint density at radius 3 is 2.44 bits per heavy atom. The van der Waals surface area contributed by atoms with Crippen LogP contribution in [0.3, 0.4) is 0 Å². The molecule has 0 spiro atoms. The number of fused-ring (bicyclic) bond motifs is 1. The van der Waals surface area contributed by atoms with Crippen molar-refractivity contribution in [3.05, 3.63) is 6.07 Å². The molecule has 0 saturated heterocycles. The highest BCUT2D eigenvalue weighted by Gasteiger charge is 2.76. The zero-order valence-corrected chi connectivity index (χ0v) is 15.7. The summed E-state index contributed by atoms with van der Waals surface area (Å²) in [7, 11) is 4.21. The van der Waals surface area contributed by atoms with Gasteiger partial charge in [0.05, 0.1) is 27.4 Å². The van der Waals surface area contributed by atoms with E-state index in [1.165, 1.54) is 27.4 Å². The fourth-order valence-corrected chi connectivity index (χ4v) is 3.59. The Hall–Kier alpha value is -2.78. The van der Waals surface area contributed by atoms with Crippen molar-refractivity contribution in [1.29, 1.82) is 0 Å². The molecule has 3 rings (SSSR count). The van der Waals surface area contributed by atoms with Crippen LogP contribution in [0.25, 0.3) is 0 Å². The average molecular weight is 381 g/mol. The Labute approximate surface area is 156 Å². The first kappa shape index (κ1) is 19.0. The number of rotatable bonds is 7. The normalized spacial score (nSPS) is 27.9. The van der Waals surface area contributed by atoms with Gasteiger partial charge < -0.3 is 29.0 Å². The van der Waals surface area contributed by atoms with Crippen LogP contribution in [0, 0.1) is 5.41 Å². The highest BCUT2D eigenvalue weighted by molar-refractivity contribution is 5.78. The van der Waals surface area contributed by atoms with Gasteiger partial charge in [0.25, 0.3) is 0 Å². The van der Waals surface area contributed by atoms with Crippen LogP contribution < -0.4 is 19.5 Å². The topological polar surface area (TPSA) is 118 Å². The third-order valence-corrected chi connectivity index (χ3v) is 5.23. The second-order valence-electron chi connectivity index (χ2n) is 6.83. The van der Waals surface area contributed by atoms with E-state index in [9.17, 15) is 9.59 Å². The number of hydrogen-bond acceptors (Lipinski definition) is 9. The van der Waals surface area contributed by atoms with Crippen LogP contribution >= 0.6 is 0 Å². The van der Waals surface area contributed by atoms with E-state index < -0.39 is 23.8 Å². The van der Waals surface area contributed by atoms with Gasteiger partial charge in [-0.1, -0.05) is 6.92 Å². The summed E-state index contributed by atoms with van der Waals surface area (Å²) in [5.41, 5.74) is -0.962. The molecule has 0 aliphatic heterocycles. The van der Waals surface area contributed by atoms with Crippen LogP contribution in [-0.4, -0.2) is 61.6 Å². The number of methoxy groups -OCH3 is 3. The number of amides is 1. The highest BCUT2D eigenvalue weighted by Crippen LogP contribution is 2.69. The Balaban J connectivity index is 1.71. The molecule has 27 heavy (non-hydrogen) atoms. The summed E-state index contributed by atoms with van der Waals surface area (Å²) in [6, 6.07) is 1.63. The second-order valence-corrected chi connectivity index (χ2v) is 6.83. The number of alkyl carbamates (subject to hydrolysis) is 1. The molecule has 1 heterocycles. The number of hydrogen-bond donors (Lipinski definition) is 1. The molecule has 10 heteroatoms. The van der Waals surface area contributed by atoms with Gasteiger partial charge in [-0.2, -0.15) is 9.97 Å². The minimum absolute atomic E-state index is 0.0882. The molecule has 148 valence electrons. The summed E-state index contributed by atoms with van der Waals surface area (Å²) in [4.78, 5) is 31.6. The molecule has 0 aromatic carbocycles. The number of esters is 1. The first-order valence-corrected chi connectivity index (χ1v) is 8.53. The fourth-order valence-electron chi connectivity index (χ4n) is 3.59. The van der Waals surface area contributed by atoms with Gasteiger partial charge in [0, 0.05) is 11.8 Å². The minimum atomic E-state index is -0.785. The van der Waals surface area contributed by atoms with E-state index in [-0.39, 0.29) is 18.0 Å². The molecule has 2 saturated carbocycles. The molecule has 2 aliphatic carbocycles. The zero-order chi connectivity index (χ0) is 19.7. The lowest BCUT2D eigenvalue weighted by Crippen LogP contribution is -2.42. The Bertz CT molecular complexity index is 721. The van der Waals surface area contributed by atoms with Gasteiger partial charge in [-0.15, -0.1) is 0 Å². The number of nitrogens with zero attached hydrogens (tertiary/aromatic N) is 2.